The fraction of sp³-hybridized carbons (Fsp3) is 0.562. The van der Waals surface area contributed by atoms with Crippen LogP contribution in [-0.2, 0) is 11.2 Å². The van der Waals surface area contributed by atoms with E-state index in [0.29, 0.717) is 0 Å². The van der Waals surface area contributed by atoms with E-state index in [1.807, 2.05) is 6.07 Å². The van der Waals surface area contributed by atoms with Crippen LogP contribution in [0.3, 0.4) is 0 Å². The van der Waals surface area contributed by atoms with Crippen LogP contribution in [0, 0.1) is 0 Å². The average molecular weight is 302 g/mol. The number of ether oxygens (including phenoxy) is 1. The van der Waals surface area contributed by atoms with Crippen LogP contribution < -0.4 is 4.74 Å². The lowest BCUT2D eigenvalue weighted by Crippen LogP contribution is -2.27. The van der Waals surface area contributed by atoms with E-state index >= 15 is 0 Å². The van der Waals surface area contributed by atoms with Crippen LogP contribution in [0.25, 0.3) is 0 Å². The molecule has 5 heteroatoms. The molecule has 0 atom stereocenters. The van der Waals surface area contributed by atoms with E-state index in [-0.39, 0.29) is 5.75 Å². The van der Waals surface area contributed by atoms with Crippen molar-refractivity contribution in [2.24, 2.45) is 0 Å². The smallest absolute Gasteiger partial charge is 0.420 e. The molecule has 0 aliphatic heterocycles. The van der Waals surface area contributed by atoms with Crippen molar-refractivity contribution in [3.8, 4) is 5.75 Å². The first-order chi connectivity index (χ1) is 9.93. The summed E-state index contributed by atoms with van der Waals surface area (Å²) in [5, 5.41) is 0. The Bertz CT molecular complexity index is 441. The summed E-state index contributed by atoms with van der Waals surface area (Å²) in [5.74, 6) is -2.24. The summed E-state index contributed by atoms with van der Waals surface area (Å²) in [4.78, 5) is 10.8. The lowest BCUT2D eigenvalue weighted by atomic mass is 10.0. The van der Waals surface area contributed by atoms with Crippen molar-refractivity contribution in [3.05, 3.63) is 29.8 Å². The highest BCUT2D eigenvalue weighted by Crippen LogP contribution is 2.21. The van der Waals surface area contributed by atoms with E-state index in [4.69, 9.17) is 0 Å². The zero-order valence-corrected chi connectivity index (χ0v) is 12.2. The molecule has 0 saturated heterocycles. The van der Waals surface area contributed by atoms with Crippen LogP contribution in [0.4, 0.5) is 13.2 Å². The zero-order chi connectivity index (χ0) is 15.7. The first kappa shape index (κ1) is 17.5. The van der Waals surface area contributed by atoms with Crippen molar-refractivity contribution >= 4 is 5.97 Å². The highest BCUT2D eigenvalue weighted by Gasteiger charge is 2.41. The fourth-order valence-electron chi connectivity index (χ4n) is 2.04. The Morgan fingerprint density at radius 3 is 2.43 bits per heavy atom. The van der Waals surface area contributed by atoms with Crippen LogP contribution in [0.2, 0.25) is 0 Å². The van der Waals surface area contributed by atoms with Crippen molar-refractivity contribution in [2.75, 3.05) is 0 Å². The Hall–Kier alpha value is -1.52. The van der Waals surface area contributed by atoms with Gasteiger partial charge in [0, 0.05) is 0 Å². The minimum atomic E-state index is -4.96. The summed E-state index contributed by atoms with van der Waals surface area (Å²) in [6.07, 6.45) is 2.75. The largest absolute Gasteiger partial charge is 0.491 e. The highest BCUT2D eigenvalue weighted by molar-refractivity contribution is 5.78. The standard InChI is InChI=1S/C16H21F3O2/c1-2-3-4-5-6-7-9-13-10-8-11-14(12-13)21-15(20)16(17,18)19/h8,10-12H,2-7,9H2,1H3. The van der Waals surface area contributed by atoms with E-state index in [1.54, 1.807) is 6.07 Å². The Labute approximate surface area is 123 Å². The Balaban J connectivity index is 2.40. The molecule has 1 aromatic rings. The molecule has 0 radical (unpaired) electrons. The van der Waals surface area contributed by atoms with Gasteiger partial charge in [0.2, 0.25) is 0 Å². The van der Waals surface area contributed by atoms with Gasteiger partial charge in [0.15, 0.2) is 0 Å². The molecule has 1 rings (SSSR count). The second-order valence-corrected chi connectivity index (χ2v) is 5.05. The van der Waals surface area contributed by atoms with Gasteiger partial charge in [-0.1, -0.05) is 51.2 Å². The molecule has 0 unspecified atom stereocenters. The summed E-state index contributed by atoms with van der Waals surface area (Å²) in [6.45, 7) is 2.16. The van der Waals surface area contributed by atoms with Crippen LogP contribution in [0.5, 0.6) is 5.75 Å². The molecular weight excluding hydrogens is 281 g/mol. The first-order valence-corrected chi connectivity index (χ1v) is 7.31. The fourth-order valence-corrected chi connectivity index (χ4v) is 2.04. The van der Waals surface area contributed by atoms with Gasteiger partial charge >= 0.3 is 12.1 Å². The van der Waals surface area contributed by atoms with E-state index < -0.39 is 12.1 Å². The summed E-state index contributed by atoms with van der Waals surface area (Å²) < 4.78 is 40.6. The second-order valence-electron chi connectivity index (χ2n) is 5.05. The number of aryl methyl sites for hydroxylation is 1. The van der Waals surface area contributed by atoms with Gasteiger partial charge in [-0.3, -0.25) is 0 Å². The average Bonchev–Trinajstić information content (AvgIpc) is 2.42. The molecule has 118 valence electrons. The molecule has 0 N–H and O–H groups in total. The number of alkyl halides is 3. The van der Waals surface area contributed by atoms with Crippen LogP contribution in [0.1, 0.15) is 51.0 Å². The topological polar surface area (TPSA) is 26.3 Å². The molecule has 21 heavy (non-hydrogen) atoms. The Kier molecular flexibility index (Phi) is 7.26. The van der Waals surface area contributed by atoms with Gasteiger partial charge < -0.3 is 4.74 Å². The maximum absolute atomic E-state index is 12.1. The Morgan fingerprint density at radius 1 is 1.10 bits per heavy atom. The third-order valence-corrected chi connectivity index (χ3v) is 3.16. The second kappa shape index (κ2) is 8.70. The molecule has 0 heterocycles. The van der Waals surface area contributed by atoms with Crippen LogP contribution in [0.15, 0.2) is 24.3 Å². The van der Waals surface area contributed by atoms with E-state index in [9.17, 15) is 18.0 Å². The molecule has 1 aromatic carbocycles. The van der Waals surface area contributed by atoms with Crippen molar-refractivity contribution < 1.29 is 22.7 Å². The number of hydrogen-bond donors (Lipinski definition) is 0. The maximum atomic E-state index is 12.1. The summed E-state index contributed by atoms with van der Waals surface area (Å²) in [6, 6.07) is 6.28. The van der Waals surface area contributed by atoms with Gasteiger partial charge in [-0.2, -0.15) is 13.2 Å². The first-order valence-electron chi connectivity index (χ1n) is 7.31. The molecule has 0 saturated carbocycles. The summed E-state index contributed by atoms with van der Waals surface area (Å²) in [7, 11) is 0. The molecule has 0 amide bonds. The van der Waals surface area contributed by atoms with E-state index in [1.165, 1.54) is 37.8 Å². The monoisotopic (exact) mass is 302 g/mol. The van der Waals surface area contributed by atoms with E-state index in [0.717, 1.165) is 24.8 Å². The van der Waals surface area contributed by atoms with Gasteiger partial charge in [0.25, 0.3) is 0 Å². The van der Waals surface area contributed by atoms with Gasteiger partial charge in [-0.25, -0.2) is 4.79 Å². The molecule has 0 aliphatic carbocycles. The number of hydrogen-bond acceptors (Lipinski definition) is 2. The van der Waals surface area contributed by atoms with Gasteiger partial charge in [-0.15, -0.1) is 0 Å². The van der Waals surface area contributed by atoms with Crippen molar-refractivity contribution in [2.45, 2.75) is 58.0 Å². The van der Waals surface area contributed by atoms with Crippen molar-refractivity contribution in [1.82, 2.24) is 0 Å². The maximum Gasteiger partial charge on any atom is 0.491 e. The van der Waals surface area contributed by atoms with Gasteiger partial charge in [-0.05, 0) is 30.5 Å². The summed E-state index contributed by atoms with van der Waals surface area (Å²) in [5.41, 5.74) is 0.887. The van der Waals surface area contributed by atoms with Crippen molar-refractivity contribution in [3.63, 3.8) is 0 Å². The van der Waals surface area contributed by atoms with Crippen LogP contribution in [-0.4, -0.2) is 12.1 Å². The van der Waals surface area contributed by atoms with Crippen molar-refractivity contribution in [1.29, 1.82) is 0 Å². The SMILES string of the molecule is CCCCCCCCc1cccc(OC(=O)C(F)(F)F)c1. The molecule has 0 aliphatic rings. The summed E-state index contributed by atoms with van der Waals surface area (Å²) >= 11 is 0. The minimum Gasteiger partial charge on any atom is -0.420 e. The van der Waals surface area contributed by atoms with E-state index in [2.05, 4.69) is 11.7 Å². The van der Waals surface area contributed by atoms with Gasteiger partial charge in [0.05, 0.1) is 0 Å². The third-order valence-electron chi connectivity index (χ3n) is 3.16. The quantitative estimate of drug-likeness (QED) is 0.381. The number of rotatable bonds is 8. The molecule has 0 fully saturated rings. The molecule has 0 bridgehead atoms. The van der Waals surface area contributed by atoms with Crippen LogP contribution >= 0.6 is 0 Å². The number of esters is 1. The number of carbonyl (C=O) groups excluding carboxylic acids is 1. The third kappa shape index (κ3) is 7.16. The van der Waals surface area contributed by atoms with Gasteiger partial charge in [0.1, 0.15) is 5.75 Å². The minimum absolute atomic E-state index is 0.0548. The predicted octanol–water partition coefficient (Wildman–Crippen LogP) is 5.06. The highest BCUT2D eigenvalue weighted by atomic mass is 19.4. The number of unbranched alkanes of at least 4 members (excludes halogenated alkanes) is 5. The normalized spacial score (nSPS) is 11.4. The Morgan fingerprint density at radius 2 is 1.76 bits per heavy atom. The number of carbonyl (C=O) groups is 1. The molecule has 0 aromatic heterocycles. The number of benzene rings is 1. The predicted molar refractivity (Wildman–Crippen MR) is 75.2 cm³/mol. The molecular formula is C16H21F3O2. The molecule has 0 spiro atoms. The lowest BCUT2D eigenvalue weighted by molar-refractivity contribution is -0.189. The molecule has 2 nitrogen and oxygen atoms in total. The number of halogens is 3. The zero-order valence-electron chi connectivity index (χ0n) is 12.2. The lowest BCUT2D eigenvalue weighted by Gasteiger charge is -2.08.